The average Bonchev–Trinajstić information content (AvgIpc) is 2.47. The Hall–Kier alpha value is -2.61. The molecule has 1 aromatic heterocycles. The molecular weight excluding hydrogens is 250 g/mol. The number of rotatable bonds is 6. The fourth-order valence-electron chi connectivity index (χ4n) is 1.79. The maximum atomic E-state index is 8.50. The van der Waals surface area contributed by atoms with Gasteiger partial charge in [0.1, 0.15) is 18.0 Å². The van der Waals surface area contributed by atoms with Crippen LogP contribution < -0.4 is 10.6 Å². The van der Waals surface area contributed by atoms with Crippen LogP contribution in [0.3, 0.4) is 0 Å². The third-order valence-corrected chi connectivity index (χ3v) is 2.93. The summed E-state index contributed by atoms with van der Waals surface area (Å²) >= 11 is 0. The topological polar surface area (TPSA) is 73.6 Å². The Kier molecular flexibility index (Phi) is 4.90. The van der Waals surface area contributed by atoms with Gasteiger partial charge >= 0.3 is 0 Å². The van der Waals surface area contributed by atoms with Crippen molar-refractivity contribution in [2.45, 2.75) is 19.9 Å². The van der Waals surface area contributed by atoms with Gasteiger partial charge in [0.25, 0.3) is 0 Å². The molecular formula is C15H17N5. The van der Waals surface area contributed by atoms with Crippen LogP contribution in [0.5, 0.6) is 0 Å². The minimum absolute atomic E-state index is 0.454. The molecule has 2 rings (SSSR count). The molecule has 102 valence electrons. The van der Waals surface area contributed by atoms with Crippen LogP contribution >= 0.6 is 0 Å². The van der Waals surface area contributed by atoms with E-state index in [1.165, 1.54) is 17.5 Å². The van der Waals surface area contributed by atoms with Gasteiger partial charge in [0.2, 0.25) is 0 Å². The highest BCUT2D eigenvalue weighted by Crippen LogP contribution is 2.12. The van der Waals surface area contributed by atoms with Crippen molar-refractivity contribution in [3.05, 3.63) is 47.8 Å². The third-order valence-electron chi connectivity index (χ3n) is 2.93. The second-order valence-electron chi connectivity index (χ2n) is 4.40. The van der Waals surface area contributed by atoms with Crippen molar-refractivity contribution in [1.29, 1.82) is 5.26 Å². The van der Waals surface area contributed by atoms with Gasteiger partial charge in [0.05, 0.1) is 12.5 Å². The number of nitrogens with zero attached hydrogens (tertiary/aromatic N) is 3. The number of anilines is 2. The molecule has 0 radical (unpaired) electrons. The Morgan fingerprint density at radius 2 is 1.90 bits per heavy atom. The summed E-state index contributed by atoms with van der Waals surface area (Å²) < 4.78 is 0. The molecule has 5 nitrogen and oxygen atoms in total. The van der Waals surface area contributed by atoms with Crippen molar-refractivity contribution in [3.63, 3.8) is 0 Å². The van der Waals surface area contributed by atoms with Gasteiger partial charge in [0, 0.05) is 19.2 Å². The van der Waals surface area contributed by atoms with Gasteiger partial charge < -0.3 is 10.6 Å². The molecule has 0 saturated heterocycles. The molecule has 0 fully saturated rings. The fourth-order valence-corrected chi connectivity index (χ4v) is 1.79. The standard InChI is InChI=1S/C15H17N5/c1-12-5-2-3-6-13(12)10-18-15-9-14(19-11-20-15)17-8-4-7-16/h2-3,5-6,9,11H,4,8,10H2,1H3,(H2,17,18,19,20). The Morgan fingerprint density at radius 1 is 1.15 bits per heavy atom. The largest absolute Gasteiger partial charge is 0.369 e. The average molecular weight is 267 g/mol. The zero-order valence-corrected chi connectivity index (χ0v) is 11.4. The number of benzene rings is 1. The van der Waals surface area contributed by atoms with Gasteiger partial charge in [-0.25, -0.2) is 9.97 Å². The van der Waals surface area contributed by atoms with Gasteiger partial charge in [0.15, 0.2) is 0 Å². The number of hydrogen-bond acceptors (Lipinski definition) is 5. The molecule has 0 aliphatic heterocycles. The SMILES string of the molecule is Cc1ccccc1CNc1cc(NCCC#N)ncn1. The number of nitriles is 1. The van der Waals surface area contributed by atoms with Gasteiger partial charge in [-0.1, -0.05) is 24.3 Å². The zero-order valence-electron chi connectivity index (χ0n) is 11.4. The van der Waals surface area contributed by atoms with Crippen LogP contribution in [-0.4, -0.2) is 16.5 Å². The summed E-state index contributed by atoms with van der Waals surface area (Å²) in [5.41, 5.74) is 2.49. The number of aryl methyl sites for hydroxylation is 1. The lowest BCUT2D eigenvalue weighted by Gasteiger charge is -2.09. The first-order valence-electron chi connectivity index (χ1n) is 6.51. The lowest BCUT2D eigenvalue weighted by atomic mass is 10.1. The second-order valence-corrected chi connectivity index (χ2v) is 4.40. The maximum Gasteiger partial charge on any atom is 0.131 e. The van der Waals surface area contributed by atoms with E-state index < -0.39 is 0 Å². The molecule has 20 heavy (non-hydrogen) atoms. The quantitative estimate of drug-likeness (QED) is 0.787. The van der Waals surface area contributed by atoms with Crippen LogP contribution in [0.15, 0.2) is 36.7 Å². The fraction of sp³-hybridized carbons (Fsp3) is 0.267. The van der Waals surface area contributed by atoms with Crippen molar-refractivity contribution < 1.29 is 0 Å². The van der Waals surface area contributed by atoms with Crippen LogP contribution in [0, 0.1) is 18.3 Å². The second kappa shape index (κ2) is 7.10. The van der Waals surface area contributed by atoms with Crippen LogP contribution in [0.1, 0.15) is 17.5 Å². The molecule has 0 amide bonds. The van der Waals surface area contributed by atoms with Crippen molar-refractivity contribution in [3.8, 4) is 6.07 Å². The number of hydrogen-bond donors (Lipinski definition) is 2. The van der Waals surface area contributed by atoms with E-state index in [-0.39, 0.29) is 0 Å². The molecule has 0 saturated carbocycles. The van der Waals surface area contributed by atoms with Crippen LogP contribution in [0.25, 0.3) is 0 Å². The summed E-state index contributed by atoms with van der Waals surface area (Å²) in [4.78, 5) is 8.30. The minimum atomic E-state index is 0.454. The van der Waals surface area contributed by atoms with Crippen LogP contribution in [-0.2, 0) is 6.54 Å². The molecule has 2 N–H and O–H groups in total. The molecule has 0 aliphatic carbocycles. The highest BCUT2D eigenvalue weighted by atomic mass is 15.1. The van der Waals surface area contributed by atoms with Crippen molar-refractivity contribution in [2.24, 2.45) is 0 Å². The maximum absolute atomic E-state index is 8.50. The molecule has 5 heteroatoms. The van der Waals surface area contributed by atoms with Gasteiger partial charge in [-0.05, 0) is 18.1 Å². The first-order valence-corrected chi connectivity index (χ1v) is 6.51. The van der Waals surface area contributed by atoms with E-state index in [2.05, 4.69) is 45.7 Å². The normalized spacial score (nSPS) is 9.80. The van der Waals surface area contributed by atoms with E-state index >= 15 is 0 Å². The molecule has 0 bridgehead atoms. The molecule has 0 atom stereocenters. The summed E-state index contributed by atoms with van der Waals surface area (Å²) in [5, 5.41) is 14.9. The highest BCUT2D eigenvalue weighted by Gasteiger charge is 2.00. The summed E-state index contributed by atoms with van der Waals surface area (Å²) in [5.74, 6) is 1.49. The Bertz CT molecular complexity index is 603. The van der Waals surface area contributed by atoms with Gasteiger partial charge in [-0.15, -0.1) is 0 Å². The first-order chi connectivity index (χ1) is 9.79. The third kappa shape index (κ3) is 3.95. The van der Waals surface area contributed by atoms with Crippen LogP contribution in [0.4, 0.5) is 11.6 Å². The van der Waals surface area contributed by atoms with E-state index in [4.69, 9.17) is 5.26 Å². The highest BCUT2D eigenvalue weighted by molar-refractivity contribution is 5.47. The van der Waals surface area contributed by atoms with Gasteiger partial charge in [-0.3, -0.25) is 0 Å². The molecule has 0 unspecified atom stereocenters. The smallest absolute Gasteiger partial charge is 0.131 e. The van der Waals surface area contributed by atoms with E-state index in [0.29, 0.717) is 13.0 Å². The van der Waals surface area contributed by atoms with E-state index in [1.54, 1.807) is 0 Å². The predicted molar refractivity (Wildman–Crippen MR) is 79.3 cm³/mol. The first kappa shape index (κ1) is 13.8. The Balaban J connectivity index is 1.95. The Labute approximate surface area is 118 Å². The molecule has 0 aliphatic rings. The minimum Gasteiger partial charge on any atom is -0.369 e. The molecule has 0 spiro atoms. The molecule has 2 aromatic rings. The van der Waals surface area contributed by atoms with Crippen molar-refractivity contribution in [1.82, 2.24) is 9.97 Å². The monoisotopic (exact) mass is 267 g/mol. The summed E-state index contributed by atoms with van der Waals surface area (Å²) in [7, 11) is 0. The summed E-state index contributed by atoms with van der Waals surface area (Å²) in [6.07, 6.45) is 1.96. The molecule has 1 aromatic carbocycles. The number of aromatic nitrogens is 2. The lowest BCUT2D eigenvalue weighted by molar-refractivity contribution is 1.03. The predicted octanol–water partition coefficient (Wildman–Crippen LogP) is 2.72. The molecule has 1 heterocycles. The van der Waals surface area contributed by atoms with E-state index in [9.17, 15) is 0 Å². The zero-order chi connectivity index (χ0) is 14.2. The number of nitrogens with one attached hydrogen (secondary N) is 2. The van der Waals surface area contributed by atoms with Crippen LogP contribution in [0.2, 0.25) is 0 Å². The van der Waals surface area contributed by atoms with Crippen molar-refractivity contribution in [2.75, 3.05) is 17.2 Å². The lowest BCUT2D eigenvalue weighted by Crippen LogP contribution is -2.06. The summed E-state index contributed by atoms with van der Waals surface area (Å²) in [6, 6.07) is 12.2. The van der Waals surface area contributed by atoms with Gasteiger partial charge in [-0.2, -0.15) is 5.26 Å². The Morgan fingerprint density at radius 3 is 2.65 bits per heavy atom. The summed E-state index contributed by atoms with van der Waals surface area (Å²) in [6.45, 7) is 3.40. The van der Waals surface area contributed by atoms with Crippen molar-refractivity contribution >= 4 is 11.6 Å². The van der Waals surface area contributed by atoms with E-state index in [0.717, 1.165) is 18.2 Å². The van der Waals surface area contributed by atoms with E-state index in [1.807, 2.05) is 18.2 Å².